The minimum Gasteiger partial charge on any atom is -0.396 e. The molecule has 3 N–H and O–H groups in total. The Morgan fingerprint density at radius 3 is 2.82 bits per heavy atom. The summed E-state index contributed by atoms with van der Waals surface area (Å²) in [4.78, 5) is 3.78. The van der Waals surface area contributed by atoms with Crippen LogP contribution in [0.4, 0.5) is 11.4 Å². The average molecular weight is 259 g/mol. The third-order valence-corrected chi connectivity index (χ3v) is 3.16. The number of hydrogen-bond donors (Lipinski definition) is 2. The molecule has 0 radical (unpaired) electrons. The number of nitrogens with one attached hydrogen (secondary N) is 1. The third-order valence-electron chi connectivity index (χ3n) is 1.92. The third kappa shape index (κ3) is 5.01. The maximum Gasteiger partial charge on any atom is 0.235 e. The molecule has 96 valence electrons. The van der Waals surface area contributed by atoms with Crippen LogP contribution in [0.3, 0.4) is 0 Å². The van der Waals surface area contributed by atoms with Crippen molar-refractivity contribution in [3.05, 3.63) is 18.5 Å². The van der Waals surface area contributed by atoms with Gasteiger partial charge in [-0.15, -0.1) is 0 Å². The lowest BCUT2D eigenvalue weighted by Gasteiger charge is -2.11. The van der Waals surface area contributed by atoms with Crippen LogP contribution in [0.1, 0.15) is 13.8 Å². The van der Waals surface area contributed by atoms with Gasteiger partial charge in [-0.25, -0.2) is 8.42 Å². The Kier molecular flexibility index (Phi) is 4.71. The summed E-state index contributed by atoms with van der Waals surface area (Å²) in [5, 5.41) is 0. The van der Waals surface area contributed by atoms with Crippen LogP contribution in [-0.2, 0) is 14.8 Å². The zero-order valence-electron chi connectivity index (χ0n) is 9.88. The standard InChI is InChI=1S/C10H17N3O3S/c1-8(2)16-5-6-17(14,15)13-10-3-4-12-7-9(10)11/h3-4,7-8H,5-6,11H2,1-2H3,(H,12,13). The zero-order valence-corrected chi connectivity index (χ0v) is 10.7. The van der Waals surface area contributed by atoms with Crippen molar-refractivity contribution in [1.82, 2.24) is 4.98 Å². The number of pyridine rings is 1. The van der Waals surface area contributed by atoms with Gasteiger partial charge in [0.2, 0.25) is 10.0 Å². The highest BCUT2D eigenvalue weighted by Gasteiger charge is 2.12. The highest BCUT2D eigenvalue weighted by atomic mass is 32.2. The number of hydrogen-bond acceptors (Lipinski definition) is 5. The Morgan fingerprint density at radius 2 is 2.24 bits per heavy atom. The molecule has 6 nitrogen and oxygen atoms in total. The quantitative estimate of drug-likeness (QED) is 0.789. The van der Waals surface area contributed by atoms with E-state index < -0.39 is 10.0 Å². The number of ether oxygens (including phenoxy) is 1. The van der Waals surface area contributed by atoms with E-state index in [9.17, 15) is 8.42 Å². The van der Waals surface area contributed by atoms with Gasteiger partial charge in [0.05, 0.1) is 36.0 Å². The minimum atomic E-state index is -3.44. The molecule has 0 bridgehead atoms. The predicted octanol–water partition coefficient (Wildman–Crippen LogP) is 0.831. The lowest BCUT2D eigenvalue weighted by atomic mass is 10.4. The number of rotatable bonds is 6. The van der Waals surface area contributed by atoms with Crippen LogP contribution < -0.4 is 10.5 Å². The van der Waals surface area contributed by atoms with E-state index >= 15 is 0 Å². The Labute approximate surface area is 101 Å². The molecular weight excluding hydrogens is 242 g/mol. The van der Waals surface area contributed by atoms with Crippen molar-refractivity contribution in [2.75, 3.05) is 22.8 Å². The first-order valence-corrected chi connectivity index (χ1v) is 6.87. The first-order chi connectivity index (χ1) is 7.91. The number of nitrogens with zero attached hydrogens (tertiary/aromatic N) is 1. The SMILES string of the molecule is CC(C)OCCS(=O)(=O)Nc1ccncc1N. The fourth-order valence-electron chi connectivity index (χ4n) is 1.11. The van der Waals surface area contributed by atoms with E-state index in [1.807, 2.05) is 13.8 Å². The second-order valence-electron chi connectivity index (χ2n) is 3.80. The summed E-state index contributed by atoms with van der Waals surface area (Å²) < 4.78 is 30.9. The molecule has 0 saturated heterocycles. The number of aromatic nitrogens is 1. The molecule has 1 rings (SSSR count). The van der Waals surface area contributed by atoms with Crippen LogP contribution in [0.25, 0.3) is 0 Å². The smallest absolute Gasteiger partial charge is 0.235 e. The van der Waals surface area contributed by atoms with Crippen LogP contribution in [-0.4, -0.2) is 31.9 Å². The molecule has 0 fully saturated rings. The number of nitrogen functional groups attached to an aromatic ring is 1. The molecule has 0 spiro atoms. The van der Waals surface area contributed by atoms with E-state index in [1.165, 1.54) is 18.5 Å². The molecule has 1 heterocycles. The Hall–Kier alpha value is -1.34. The van der Waals surface area contributed by atoms with Gasteiger partial charge in [-0.2, -0.15) is 0 Å². The highest BCUT2D eigenvalue weighted by Crippen LogP contribution is 2.16. The molecule has 17 heavy (non-hydrogen) atoms. The van der Waals surface area contributed by atoms with Crippen LogP contribution in [0.5, 0.6) is 0 Å². The van der Waals surface area contributed by atoms with Crippen LogP contribution >= 0.6 is 0 Å². The molecule has 0 saturated carbocycles. The molecule has 0 aliphatic carbocycles. The molecule has 0 amide bonds. The lowest BCUT2D eigenvalue weighted by molar-refractivity contribution is 0.0913. The molecule has 0 unspecified atom stereocenters. The fraction of sp³-hybridized carbons (Fsp3) is 0.500. The molecule has 0 aromatic carbocycles. The first kappa shape index (κ1) is 13.7. The maximum atomic E-state index is 11.7. The van der Waals surface area contributed by atoms with E-state index in [-0.39, 0.29) is 18.5 Å². The van der Waals surface area contributed by atoms with Gasteiger partial charge < -0.3 is 10.5 Å². The van der Waals surface area contributed by atoms with Crippen LogP contribution in [0.15, 0.2) is 18.5 Å². The van der Waals surface area contributed by atoms with Gasteiger partial charge >= 0.3 is 0 Å². The molecule has 1 aromatic heterocycles. The summed E-state index contributed by atoms with van der Waals surface area (Å²) in [5.41, 5.74) is 6.21. The molecule has 0 aliphatic heterocycles. The summed E-state index contributed by atoms with van der Waals surface area (Å²) in [5.74, 6) is -0.104. The lowest BCUT2D eigenvalue weighted by Crippen LogP contribution is -2.22. The number of sulfonamides is 1. The van der Waals surface area contributed by atoms with Crippen molar-refractivity contribution >= 4 is 21.4 Å². The Morgan fingerprint density at radius 1 is 1.53 bits per heavy atom. The van der Waals surface area contributed by atoms with E-state index in [2.05, 4.69) is 9.71 Å². The molecule has 0 atom stereocenters. The van der Waals surface area contributed by atoms with Gasteiger partial charge in [0.25, 0.3) is 0 Å². The predicted molar refractivity (Wildman–Crippen MR) is 67.1 cm³/mol. The average Bonchev–Trinajstić information content (AvgIpc) is 2.20. The largest absolute Gasteiger partial charge is 0.396 e. The fourth-order valence-corrected chi connectivity index (χ4v) is 2.05. The second kappa shape index (κ2) is 5.83. The molecule has 0 aliphatic rings. The van der Waals surface area contributed by atoms with Crippen molar-refractivity contribution in [2.45, 2.75) is 20.0 Å². The number of nitrogens with two attached hydrogens (primary N) is 1. The Balaban J connectivity index is 2.58. The monoisotopic (exact) mass is 259 g/mol. The van der Waals surface area contributed by atoms with Gasteiger partial charge in [-0.05, 0) is 19.9 Å². The highest BCUT2D eigenvalue weighted by molar-refractivity contribution is 7.92. The summed E-state index contributed by atoms with van der Waals surface area (Å²) in [7, 11) is -3.44. The van der Waals surface area contributed by atoms with Gasteiger partial charge in [0, 0.05) is 6.20 Å². The van der Waals surface area contributed by atoms with Gasteiger partial charge in [-0.1, -0.05) is 0 Å². The van der Waals surface area contributed by atoms with Crippen molar-refractivity contribution in [3.63, 3.8) is 0 Å². The van der Waals surface area contributed by atoms with E-state index in [4.69, 9.17) is 10.5 Å². The summed E-state index contributed by atoms with van der Waals surface area (Å²) in [6.07, 6.45) is 2.87. The maximum absolute atomic E-state index is 11.7. The molecular formula is C10H17N3O3S. The van der Waals surface area contributed by atoms with Gasteiger partial charge in [0.1, 0.15) is 0 Å². The van der Waals surface area contributed by atoms with E-state index in [1.54, 1.807) is 0 Å². The minimum absolute atomic E-state index is 0.0104. The van der Waals surface area contributed by atoms with E-state index in [0.29, 0.717) is 11.4 Å². The van der Waals surface area contributed by atoms with Crippen LogP contribution in [0.2, 0.25) is 0 Å². The summed E-state index contributed by atoms with van der Waals surface area (Å²) in [6.45, 7) is 3.85. The molecule has 1 aromatic rings. The van der Waals surface area contributed by atoms with Crippen molar-refractivity contribution in [3.8, 4) is 0 Å². The first-order valence-electron chi connectivity index (χ1n) is 5.22. The Bertz CT molecular complexity index is 460. The van der Waals surface area contributed by atoms with Crippen molar-refractivity contribution in [1.29, 1.82) is 0 Å². The zero-order chi connectivity index (χ0) is 12.9. The normalized spacial score (nSPS) is 11.7. The second-order valence-corrected chi connectivity index (χ2v) is 5.65. The number of anilines is 2. The van der Waals surface area contributed by atoms with E-state index in [0.717, 1.165) is 0 Å². The molecule has 7 heteroatoms. The van der Waals surface area contributed by atoms with Crippen LogP contribution in [0, 0.1) is 0 Å². The van der Waals surface area contributed by atoms with Gasteiger partial charge in [0.15, 0.2) is 0 Å². The van der Waals surface area contributed by atoms with Crippen molar-refractivity contribution < 1.29 is 13.2 Å². The topological polar surface area (TPSA) is 94.3 Å². The van der Waals surface area contributed by atoms with Crippen molar-refractivity contribution in [2.24, 2.45) is 0 Å². The summed E-state index contributed by atoms with van der Waals surface area (Å²) in [6, 6.07) is 1.51. The summed E-state index contributed by atoms with van der Waals surface area (Å²) >= 11 is 0. The van der Waals surface area contributed by atoms with Gasteiger partial charge in [-0.3, -0.25) is 9.71 Å².